The van der Waals surface area contributed by atoms with Crippen LogP contribution < -0.4 is 10.6 Å². The lowest BCUT2D eigenvalue weighted by Crippen LogP contribution is -2.14. The molecule has 1 heterocycles. The molecule has 1 aromatic heterocycles. The molecule has 0 aliphatic rings. The van der Waals surface area contributed by atoms with Crippen molar-refractivity contribution in [2.45, 2.75) is 0 Å². The Bertz CT molecular complexity index is 656. The van der Waals surface area contributed by atoms with Crippen LogP contribution in [0.4, 0.5) is 11.6 Å². The zero-order valence-corrected chi connectivity index (χ0v) is 10.8. The Morgan fingerprint density at radius 2 is 2.15 bits per heavy atom. The quantitative estimate of drug-likeness (QED) is 0.588. The van der Waals surface area contributed by atoms with E-state index in [-0.39, 0.29) is 5.57 Å². The summed E-state index contributed by atoms with van der Waals surface area (Å²) in [6, 6.07) is 8.35. The monoisotopic (exact) mass is 288 g/mol. The van der Waals surface area contributed by atoms with Crippen LogP contribution in [0.5, 0.6) is 0 Å². The van der Waals surface area contributed by atoms with Gasteiger partial charge in [0.25, 0.3) is 5.91 Å². The van der Waals surface area contributed by atoms with Crippen molar-refractivity contribution in [2.75, 3.05) is 10.6 Å². The van der Waals surface area contributed by atoms with Crippen LogP contribution in [-0.4, -0.2) is 21.1 Å². The van der Waals surface area contributed by atoms with E-state index in [2.05, 4.69) is 25.8 Å². The summed E-state index contributed by atoms with van der Waals surface area (Å²) >= 11 is 5.74. The first-order valence-corrected chi connectivity index (χ1v) is 5.86. The lowest BCUT2D eigenvalue weighted by Gasteiger charge is -2.04. The molecule has 0 saturated heterocycles. The number of benzene rings is 1. The molecule has 8 heteroatoms. The molecule has 1 amide bonds. The Hall–Kier alpha value is -2.85. The van der Waals surface area contributed by atoms with Gasteiger partial charge in [0.1, 0.15) is 18.0 Å². The van der Waals surface area contributed by atoms with Crippen molar-refractivity contribution in [2.24, 2.45) is 0 Å². The first-order chi connectivity index (χ1) is 9.69. The van der Waals surface area contributed by atoms with Gasteiger partial charge >= 0.3 is 0 Å². The van der Waals surface area contributed by atoms with Crippen LogP contribution in [0.15, 0.2) is 42.4 Å². The number of hydrogen-bond donors (Lipinski definition) is 3. The van der Waals surface area contributed by atoms with Crippen LogP contribution in [0.1, 0.15) is 0 Å². The lowest BCUT2D eigenvalue weighted by atomic mass is 10.2. The van der Waals surface area contributed by atoms with E-state index < -0.39 is 5.91 Å². The molecule has 1 aromatic carbocycles. The molecule has 0 spiro atoms. The van der Waals surface area contributed by atoms with Crippen LogP contribution in [0.25, 0.3) is 0 Å². The van der Waals surface area contributed by atoms with Crippen LogP contribution in [0.3, 0.4) is 0 Å². The van der Waals surface area contributed by atoms with Gasteiger partial charge in [-0.3, -0.25) is 4.79 Å². The standard InChI is InChI=1S/C12H9ClN6O/c13-9-1-3-10(4-2-9)18-11(20)8(5-14)6-15-12-16-7-17-19-12/h1-4,6-7H,(H,18,20)(H2,15,16,17,19)/b8-6-. The zero-order valence-electron chi connectivity index (χ0n) is 10.1. The maximum atomic E-state index is 11.9. The summed E-state index contributed by atoms with van der Waals surface area (Å²) in [5.41, 5.74) is 0.441. The number of aromatic amines is 1. The van der Waals surface area contributed by atoms with E-state index in [1.165, 1.54) is 12.5 Å². The number of nitrogens with zero attached hydrogens (tertiary/aromatic N) is 3. The summed E-state index contributed by atoms with van der Waals surface area (Å²) in [5, 5.41) is 20.9. The molecule has 100 valence electrons. The van der Waals surface area contributed by atoms with Gasteiger partial charge in [-0.25, -0.2) is 5.10 Å². The summed E-state index contributed by atoms with van der Waals surface area (Å²) in [6.45, 7) is 0. The Morgan fingerprint density at radius 1 is 1.40 bits per heavy atom. The normalized spacial score (nSPS) is 10.7. The Kier molecular flexibility index (Phi) is 4.32. The van der Waals surface area contributed by atoms with E-state index in [9.17, 15) is 4.79 Å². The number of rotatable bonds is 4. The lowest BCUT2D eigenvalue weighted by molar-refractivity contribution is -0.112. The van der Waals surface area contributed by atoms with Gasteiger partial charge in [-0.05, 0) is 24.3 Å². The number of hydrogen-bond acceptors (Lipinski definition) is 5. The number of nitriles is 1. The number of anilines is 2. The molecule has 0 atom stereocenters. The van der Waals surface area contributed by atoms with Crippen LogP contribution in [-0.2, 0) is 4.79 Å². The first-order valence-electron chi connectivity index (χ1n) is 5.48. The van der Waals surface area contributed by atoms with Crippen LogP contribution in [0, 0.1) is 11.3 Å². The van der Waals surface area contributed by atoms with Gasteiger partial charge in [0.15, 0.2) is 0 Å². The topological polar surface area (TPSA) is 106 Å². The molecular weight excluding hydrogens is 280 g/mol. The molecule has 0 aliphatic heterocycles. The molecule has 7 nitrogen and oxygen atoms in total. The summed E-state index contributed by atoms with van der Waals surface area (Å²) < 4.78 is 0. The van der Waals surface area contributed by atoms with Gasteiger partial charge in [-0.1, -0.05) is 11.6 Å². The third-order valence-electron chi connectivity index (χ3n) is 2.24. The fourth-order valence-electron chi connectivity index (χ4n) is 1.30. The van der Waals surface area contributed by atoms with E-state index in [0.29, 0.717) is 16.7 Å². The van der Waals surface area contributed by atoms with Crippen LogP contribution in [0.2, 0.25) is 5.02 Å². The predicted octanol–water partition coefficient (Wildman–Crippen LogP) is 1.92. The number of halogens is 1. The summed E-state index contributed by atoms with van der Waals surface area (Å²) in [4.78, 5) is 15.7. The van der Waals surface area contributed by atoms with Crippen molar-refractivity contribution >= 4 is 29.1 Å². The van der Waals surface area contributed by atoms with Crippen molar-refractivity contribution in [1.82, 2.24) is 15.2 Å². The zero-order chi connectivity index (χ0) is 14.4. The highest BCUT2D eigenvalue weighted by atomic mass is 35.5. The summed E-state index contributed by atoms with van der Waals surface area (Å²) in [6.07, 6.45) is 2.54. The average molecular weight is 289 g/mol. The minimum Gasteiger partial charge on any atom is -0.330 e. The molecule has 2 aromatic rings. The summed E-state index contributed by atoms with van der Waals surface area (Å²) in [7, 11) is 0. The van der Waals surface area contributed by atoms with E-state index in [1.54, 1.807) is 30.3 Å². The van der Waals surface area contributed by atoms with Crippen molar-refractivity contribution in [3.63, 3.8) is 0 Å². The molecule has 0 fully saturated rings. The molecule has 0 aliphatic carbocycles. The Labute approximate surface area is 119 Å². The highest BCUT2D eigenvalue weighted by Gasteiger charge is 2.09. The highest BCUT2D eigenvalue weighted by Crippen LogP contribution is 2.14. The van der Waals surface area contributed by atoms with E-state index >= 15 is 0 Å². The molecular formula is C12H9ClN6O. The third-order valence-corrected chi connectivity index (χ3v) is 2.49. The van der Waals surface area contributed by atoms with E-state index in [1.807, 2.05) is 0 Å². The molecule has 0 unspecified atom stereocenters. The van der Waals surface area contributed by atoms with E-state index in [4.69, 9.17) is 16.9 Å². The SMILES string of the molecule is N#C/C(=C/Nc1ncn[nH]1)C(=O)Nc1ccc(Cl)cc1. The van der Waals surface area contributed by atoms with Gasteiger partial charge in [0, 0.05) is 16.9 Å². The largest absolute Gasteiger partial charge is 0.330 e. The number of H-pyrrole nitrogens is 1. The molecule has 20 heavy (non-hydrogen) atoms. The number of nitrogens with one attached hydrogen (secondary N) is 3. The van der Waals surface area contributed by atoms with Gasteiger partial charge in [-0.2, -0.15) is 15.3 Å². The smallest absolute Gasteiger partial charge is 0.267 e. The van der Waals surface area contributed by atoms with Gasteiger partial charge in [0.2, 0.25) is 5.95 Å². The van der Waals surface area contributed by atoms with Crippen LogP contribution >= 0.6 is 11.6 Å². The molecule has 0 radical (unpaired) electrons. The molecule has 0 saturated carbocycles. The second-order valence-electron chi connectivity index (χ2n) is 3.61. The van der Waals surface area contributed by atoms with Gasteiger partial charge in [0.05, 0.1) is 0 Å². The second-order valence-corrected chi connectivity index (χ2v) is 4.05. The number of amides is 1. The minimum absolute atomic E-state index is 0.101. The van der Waals surface area contributed by atoms with Crippen molar-refractivity contribution in [3.05, 3.63) is 47.4 Å². The number of carbonyl (C=O) groups excluding carboxylic acids is 1. The fraction of sp³-hybridized carbons (Fsp3) is 0. The third kappa shape index (κ3) is 3.57. The molecule has 0 bridgehead atoms. The van der Waals surface area contributed by atoms with Gasteiger partial charge in [-0.15, -0.1) is 0 Å². The average Bonchev–Trinajstić information content (AvgIpc) is 2.95. The van der Waals surface area contributed by atoms with Gasteiger partial charge < -0.3 is 10.6 Å². The minimum atomic E-state index is -0.540. The molecule has 3 N–H and O–H groups in total. The number of carbonyl (C=O) groups is 1. The Balaban J connectivity index is 2.04. The maximum Gasteiger partial charge on any atom is 0.267 e. The van der Waals surface area contributed by atoms with Crippen molar-refractivity contribution in [1.29, 1.82) is 5.26 Å². The fourth-order valence-corrected chi connectivity index (χ4v) is 1.42. The number of aromatic nitrogens is 3. The second kappa shape index (κ2) is 6.36. The molecule has 2 rings (SSSR count). The van der Waals surface area contributed by atoms with Crippen molar-refractivity contribution < 1.29 is 4.79 Å². The highest BCUT2D eigenvalue weighted by molar-refractivity contribution is 6.30. The van der Waals surface area contributed by atoms with E-state index in [0.717, 1.165) is 0 Å². The maximum absolute atomic E-state index is 11.9. The summed E-state index contributed by atoms with van der Waals surface area (Å²) in [5.74, 6) is -0.209. The first kappa shape index (κ1) is 13.6. The predicted molar refractivity (Wildman–Crippen MR) is 73.8 cm³/mol. The Morgan fingerprint density at radius 3 is 2.75 bits per heavy atom. The van der Waals surface area contributed by atoms with Crippen molar-refractivity contribution in [3.8, 4) is 6.07 Å².